The maximum absolute atomic E-state index is 5.92. The summed E-state index contributed by atoms with van der Waals surface area (Å²) in [6, 6.07) is 8.17. The van der Waals surface area contributed by atoms with Gasteiger partial charge in [0, 0.05) is 12.2 Å². The molecule has 1 saturated heterocycles. The third-order valence-corrected chi connectivity index (χ3v) is 3.68. The van der Waals surface area contributed by atoms with E-state index in [2.05, 4.69) is 41.3 Å². The number of nitrogens with one attached hydrogen (secondary N) is 1. The molecular weight excluding hydrogens is 363 g/mol. The van der Waals surface area contributed by atoms with Gasteiger partial charge in [0.2, 0.25) is 0 Å². The quantitative estimate of drug-likeness (QED) is 0.476. The molecule has 1 aliphatic heterocycles. The van der Waals surface area contributed by atoms with Crippen LogP contribution in [0.1, 0.15) is 18.4 Å². The van der Waals surface area contributed by atoms with Crippen molar-refractivity contribution in [2.45, 2.75) is 19.8 Å². The highest BCUT2D eigenvalue weighted by atomic mass is 127. The minimum atomic E-state index is 0. The Hall–Kier alpha value is -0.820. The Morgan fingerprint density at radius 1 is 1.30 bits per heavy atom. The molecule has 4 nitrogen and oxygen atoms in total. The molecule has 0 amide bonds. The van der Waals surface area contributed by atoms with E-state index in [1.54, 1.807) is 0 Å². The van der Waals surface area contributed by atoms with Crippen LogP contribution >= 0.6 is 24.0 Å². The predicted octanol–water partition coefficient (Wildman–Crippen LogP) is 2.68. The SMILES string of the molecule is Cc1ccc(NC(N)=NCC2CCN(C)CC2)cc1.I. The zero-order valence-electron chi connectivity index (χ0n) is 12.3. The van der Waals surface area contributed by atoms with Crippen LogP contribution in [0.4, 0.5) is 5.69 Å². The largest absolute Gasteiger partial charge is 0.370 e. The van der Waals surface area contributed by atoms with Crippen LogP contribution in [-0.2, 0) is 0 Å². The molecule has 2 rings (SSSR count). The lowest BCUT2D eigenvalue weighted by molar-refractivity contribution is 0.224. The Morgan fingerprint density at radius 3 is 2.50 bits per heavy atom. The van der Waals surface area contributed by atoms with E-state index in [0.717, 1.165) is 12.2 Å². The highest BCUT2D eigenvalue weighted by molar-refractivity contribution is 14.0. The van der Waals surface area contributed by atoms with Crippen molar-refractivity contribution in [3.8, 4) is 0 Å². The van der Waals surface area contributed by atoms with E-state index in [9.17, 15) is 0 Å². The van der Waals surface area contributed by atoms with Gasteiger partial charge in [0.25, 0.3) is 0 Å². The highest BCUT2D eigenvalue weighted by Crippen LogP contribution is 2.16. The summed E-state index contributed by atoms with van der Waals surface area (Å²) in [6.07, 6.45) is 2.44. The first-order valence-corrected chi connectivity index (χ1v) is 6.95. The van der Waals surface area contributed by atoms with Crippen LogP contribution in [0.3, 0.4) is 0 Å². The number of rotatable bonds is 3. The second-order valence-corrected chi connectivity index (χ2v) is 5.46. The van der Waals surface area contributed by atoms with Gasteiger partial charge in [0.05, 0.1) is 0 Å². The highest BCUT2D eigenvalue weighted by Gasteiger charge is 2.15. The Bertz CT molecular complexity index is 422. The van der Waals surface area contributed by atoms with Crippen LogP contribution in [-0.4, -0.2) is 37.5 Å². The van der Waals surface area contributed by atoms with E-state index in [4.69, 9.17) is 5.73 Å². The molecule has 1 aromatic rings. The van der Waals surface area contributed by atoms with Crippen molar-refractivity contribution in [3.05, 3.63) is 29.8 Å². The Labute approximate surface area is 138 Å². The van der Waals surface area contributed by atoms with Gasteiger partial charge in [-0.05, 0) is 58.0 Å². The molecule has 5 heteroatoms. The molecular formula is C15H25IN4. The van der Waals surface area contributed by atoms with Gasteiger partial charge in [-0.25, -0.2) is 0 Å². The topological polar surface area (TPSA) is 53.6 Å². The fourth-order valence-corrected chi connectivity index (χ4v) is 2.30. The number of nitrogens with two attached hydrogens (primary N) is 1. The van der Waals surface area contributed by atoms with Crippen molar-refractivity contribution < 1.29 is 0 Å². The zero-order chi connectivity index (χ0) is 13.7. The summed E-state index contributed by atoms with van der Waals surface area (Å²) in [4.78, 5) is 6.82. The lowest BCUT2D eigenvalue weighted by atomic mass is 9.97. The van der Waals surface area contributed by atoms with Gasteiger partial charge >= 0.3 is 0 Å². The molecule has 1 aliphatic rings. The molecule has 20 heavy (non-hydrogen) atoms. The number of aryl methyl sites for hydroxylation is 1. The number of hydrogen-bond donors (Lipinski definition) is 2. The molecule has 0 spiro atoms. The van der Waals surface area contributed by atoms with Crippen LogP contribution in [0.2, 0.25) is 0 Å². The van der Waals surface area contributed by atoms with Gasteiger partial charge in [-0.2, -0.15) is 0 Å². The number of benzene rings is 1. The first-order chi connectivity index (χ1) is 9.13. The van der Waals surface area contributed by atoms with Crippen LogP contribution in [0.15, 0.2) is 29.3 Å². The molecule has 0 radical (unpaired) electrons. The fraction of sp³-hybridized carbons (Fsp3) is 0.533. The number of hydrogen-bond acceptors (Lipinski definition) is 2. The second-order valence-electron chi connectivity index (χ2n) is 5.46. The number of nitrogens with zero attached hydrogens (tertiary/aromatic N) is 2. The van der Waals surface area contributed by atoms with Crippen LogP contribution in [0.25, 0.3) is 0 Å². The first kappa shape index (κ1) is 17.2. The third-order valence-electron chi connectivity index (χ3n) is 3.68. The smallest absolute Gasteiger partial charge is 0.193 e. The maximum atomic E-state index is 5.92. The van der Waals surface area contributed by atoms with Crippen molar-refractivity contribution in [3.63, 3.8) is 0 Å². The number of anilines is 1. The second kappa shape index (κ2) is 8.46. The summed E-state index contributed by atoms with van der Waals surface area (Å²) in [5.74, 6) is 1.19. The Kier molecular flexibility index (Phi) is 7.29. The third kappa shape index (κ3) is 5.66. The fourth-order valence-electron chi connectivity index (χ4n) is 2.30. The lowest BCUT2D eigenvalue weighted by Gasteiger charge is -2.27. The average Bonchev–Trinajstić information content (AvgIpc) is 2.41. The number of guanidine groups is 1. The Morgan fingerprint density at radius 2 is 1.90 bits per heavy atom. The van der Waals surface area contributed by atoms with E-state index < -0.39 is 0 Å². The molecule has 0 unspecified atom stereocenters. The van der Waals surface area contributed by atoms with E-state index in [1.807, 2.05) is 12.1 Å². The van der Waals surface area contributed by atoms with E-state index in [1.165, 1.54) is 31.5 Å². The summed E-state index contributed by atoms with van der Waals surface area (Å²) in [5, 5.41) is 3.13. The standard InChI is InChI=1S/C15H24N4.HI/c1-12-3-5-14(6-4-12)18-15(16)17-11-13-7-9-19(2)10-8-13;/h3-6,13H,7-11H2,1-2H3,(H3,16,17,18);1H. The molecule has 0 aromatic heterocycles. The summed E-state index contributed by atoms with van der Waals surface area (Å²) in [7, 11) is 2.17. The molecule has 1 fully saturated rings. The van der Waals surface area contributed by atoms with Crippen molar-refractivity contribution in [1.29, 1.82) is 0 Å². The maximum Gasteiger partial charge on any atom is 0.193 e. The van der Waals surface area contributed by atoms with Crippen LogP contribution in [0, 0.1) is 12.8 Å². The zero-order valence-corrected chi connectivity index (χ0v) is 14.6. The van der Waals surface area contributed by atoms with E-state index >= 15 is 0 Å². The predicted molar refractivity (Wildman–Crippen MR) is 96.9 cm³/mol. The number of piperidine rings is 1. The molecule has 112 valence electrons. The lowest BCUT2D eigenvalue weighted by Crippen LogP contribution is -2.32. The molecule has 1 heterocycles. The average molecular weight is 388 g/mol. The van der Waals surface area contributed by atoms with E-state index in [0.29, 0.717) is 11.9 Å². The van der Waals surface area contributed by atoms with Gasteiger partial charge in [0.15, 0.2) is 5.96 Å². The first-order valence-electron chi connectivity index (χ1n) is 6.95. The molecule has 0 bridgehead atoms. The summed E-state index contributed by atoms with van der Waals surface area (Å²) >= 11 is 0. The van der Waals surface area contributed by atoms with Crippen molar-refractivity contribution in [2.75, 3.05) is 32.0 Å². The van der Waals surface area contributed by atoms with Gasteiger partial charge in [-0.1, -0.05) is 17.7 Å². The number of halogens is 1. The molecule has 1 aromatic carbocycles. The molecule has 3 N–H and O–H groups in total. The number of aliphatic imine (C=N–C) groups is 1. The van der Waals surface area contributed by atoms with E-state index in [-0.39, 0.29) is 24.0 Å². The molecule has 0 saturated carbocycles. The minimum absolute atomic E-state index is 0. The van der Waals surface area contributed by atoms with Gasteiger partial charge < -0.3 is 16.0 Å². The van der Waals surface area contributed by atoms with Crippen LogP contribution in [0.5, 0.6) is 0 Å². The monoisotopic (exact) mass is 388 g/mol. The van der Waals surface area contributed by atoms with Crippen LogP contribution < -0.4 is 11.1 Å². The van der Waals surface area contributed by atoms with Gasteiger partial charge in [0.1, 0.15) is 0 Å². The molecule has 0 atom stereocenters. The summed E-state index contributed by atoms with van der Waals surface area (Å²) < 4.78 is 0. The summed E-state index contributed by atoms with van der Waals surface area (Å²) in [6.45, 7) is 5.25. The Balaban J connectivity index is 0.00000200. The van der Waals surface area contributed by atoms with Crippen molar-refractivity contribution in [1.82, 2.24) is 4.90 Å². The number of likely N-dealkylation sites (tertiary alicyclic amines) is 1. The molecule has 0 aliphatic carbocycles. The van der Waals surface area contributed by atoms with Crippen molar-refractivity contribution in [2.24, 2.45) is 16.6 Å². The van der Waals surface area contributed by atoms with Crippen molar-refractivity contribution >= 4 is 35.6 Å². The van der Waals surface area contributed by atoms with Gasteiger partial charge in [-0.3, -0.25) is 4.99 Å². The minimum Gasteiger partial charge on any atom is -0.370 e. The normalized spacial score (nSPS) is 17.6. The summed E-state index contributed by atoms with van der Waals surface area (Å²) in [5.41, 5.74) is 8.16. The van der Waals surface area contributed by atoms with Gasteiger partial charge in [-0.15, -0.1) is 24.0 Å².